The lowest BCUT2D eigenvalue weighted by Crippen LogP contribution is -2.56. The van der Waals surface area contributed by atoms with Gasteiger partial charge in [0.1, 0.15) is 0 Å². The molecule has 2 aliphatic rings. The van der Waals surface area contributed by atoms with Crippen molar-refractivity contribution in [1.82, 2.24) is 15.5 Å². The smallest absolute Gasteiger partial charge is 0.317 e. The molecule has 104 valence electrons. The average molecular weight is 255 g/mol. The second-order valence-corrected chi connectivity index (χ2v) is 6.01. The number of β-amino-alcohol motifs (C(OH)–C–C–N with tert-alkyl or cyclic N) is 1. The quantitative estimate of drug-likeness (QED) is 0.687. The lowest BCUT2D eigenvalue weighted by Gasteiger charge is -2.36. The average Bonchev–Trinajstić information content (AvgIpc) is 3.08. The van der Waals surface area contributed by atoms with E-state index in [0.717, 1.165) is 6.42 Å². The van der Waals surface area contributed by atoms with Crippen LogP contribution in [0.3, 0.4) is 0 Å². The van der Waals surface area contributed by atoms with Gasteiger partial charge < -0.3 is 20.6 Å². The number of likely N-dealkylation sites (tertiary alicyclic amines) is 1. The van der Waals surface area contributed by atoms with Crippen LogP contribution in [-0.4, -0.2) is 53.9 Å². The zero-order valence-electron chi connectivity index (χ0n) is 11.4. The minimum absolute atomic E-state index is 0.0509. The summed E-state index contributed by atoms with van der Waals surface area (Å²) in [6.45, 7) is 5.99. The molecule has 0 spiro atoms. The number of hydrogen-bond acceptors (Lipinski definition) is 3. The Balaban J connectivity index is 1.80. The van der Waals surface area contributed by atoms with E-state index in [1.807, 2.05) is 0 Å². The van der Waals surface area contributed by atoms with Crippen LogP contribution >= 0.6 is 0 Å². The molecular weight excluding hydrogens is 230 g/mol. The summed E-state index contributed by atoms with van der Waals surface area (Å²) in [7, 11) is 0. The van der Waals surface area contributed by atoms with Crippen LogP contribution in [0.15, 0.2) is 0 Å². The lowest BCUT2D eigenvalue weighted by molar-refractivity contribution is 0.0662. The molecule has 1 saturated carbocycles. The fourth-order valence-corrected chi connectivity index (χ4v) is 2.35. The Bertz CT molecular complexity index is 290. The van der Waals surface area contributed by atoms with Gasteiger partial charge in [0, 0.05) is 31.7 Å². The van der Waals surface area contributed by atoms with Crippen LogP contribution in [-0.2, 0) is 0 Å². The Morgan fingerprint density at radius 3 is 2.67 bits per heavy atom. The number of rotatable bonds is 4. The first-order valence-corrected chi connectivity index (χ1v) is 7.01. The van der Waals surface area contributed by atoms with Gasteiger partial charge in [-0.25, -0.2) is 4.79 Å². The first-order valence-electron chi connectivity index (χ1n) is 7.01. The highest BCUT2D eigenvalue weighted by molar-refractivity contribution is 5.74. The van der Waals surface area contributed by atoms with E-state index in [4.69, 9.17) is 0 Å². The maximum Gasteiger partial charge on any atom is 0.317 e. The van der Waals surface area contributed by atoms with Crippen molar-refractivity contribution < 1.29 is 9.90 Å². The van der Waals surface area contributed by atoms with Crippen LogP contribution in [0.1, 0.15) is 33.1 Å². The van der Waals surface area contributed by atoms with Gasteiger partial charge in [0.25, 0.3) is 0 Å². The van der Waals surface area contributed by atoms with Crippen molar-refractivity contribution in [2.45, 2.75) is 51.3 Å². The van der Waals surface area contributed by atoms with Crippen LogP contribution in [0.4, 0.5) is 4.79 Å². The number of hydrogen-bond donors (Lipinski definition) is 3. The molecule has 0 aromatic rings. The van der Waals surface area contributed by atoms with Crippen LogP contribution in [0.2, 0.25) is 0 Å². The van der Waals surface area contributed by atoms with Crippen molar-refractivity contribution in [3.8, 4) is 0 Å². The molecule has 5 heteroatoms. The van der Waals surface area contributed by atoms with Gasteiger partial charge in [-0.3, -0.25) is 0 Å². The highest BCUT2D eigenvalue weighted by Gasteiger charge is 2.32. The van der Waals surface area contributed by atoms with Crippen molar-refractivity contribution in [3.05, 3.63) is 0 Å². The fraction of sp³-hybridized carbons (Fsp3) is 0.923. The minimum atomic E-state index is -0.403. The van der Waals surface area contributed by atoms with Crippen LogP contribution in [0, 0.1) is 5.92 Å². The Morgan fingerprint density at radius 2 is 2.06 bits per heavy atom. The second kappa shape index (κ2) is 5.89. The van der Waals surface area contributed by atoms with Gasteiger partial charge in [0.05, 0.1) is 6.10 Å². The largest absolute Gasteiger partial charge is 0.391 e. The normalized spacial score (nSPS) is 28.6. The highest BCUT2D eigenvalue weighted by atomic mass is 16.3. The third-order valence-corrected chi connectivity index (χ3v) is 3.43. The van der Waals surface area contributed by atoms with Crippen molar-refractivity contribution in [2.24, 2.45) is 5.92 Å². The number of urea groups is 1. The number of aliphatic hydroxyl groups excluding tert-OH is 1. The zero-order chi connectivity index (χ0) is 13.1. The van der Waals surface area contributed by atoms with E-state index in [9.17, 15) is 9.90 Å². The molecule has 2 fully saturated rings. The summed E-state index contributed by atoms with van der Waals surface area (Å²) < 4.78 is 0. The van der Waals surface area contributed by atoms with Gasteiger partial charge in [-0.2, -0.15) is 0 Å². The third-order valence-electron chi connectivity index (χ3n) is 3.43. The topological polar surface area (TPSA) is 64.6 Å². The summed E-state index contributed by atoms with van der Waals surface area (Å²) in [5.41, 5.74) is 0. The molecule has 2 rings (SSSR count). The molecule has 1 unspecified atom stereocenters. The molecule has 3 N–H and O–H groups in total. The summed E-state index contributed by atoms with van der Waals surface area (Å²) in [5.74, 6) is 0.448. The second-order valence-electron chi connectivity index (χ2n) is 6.01. The fourth-order valence-electron chi connectivity index (χ4n) is 2.35. The van der Waals surface area contributed by atoms with Crippen molar-refractivity contribution >= 4 is 6.03 Å². The summed E-state index contributed by atoms with van der Waals surface area (Å²) in [5, 5.41) is 16.2. The summed E-state index contributed by atoms with van der Waals surface area (Å²) in [4.78, 5) is 13.7. The molecule has 5 nitrogen and oxygen atoms in total. The number of piperidine rings is 1. The van der Waals surface area contributed by atoms with Crippen LogP contribution < -0.4 is 10.6 Å². The molecule has 0 bridgehead atoms. The number of nitrogens with zero attached hydrogens (tertiary/aromatic N) is 1. The molecule has 18 heavy (non-hydrogen) atoms. The van der Waals surface area contributed by atoms with Gasteiger partial charge in [-0.15, -0.1) is 0 Å². The SMILES string of the molecule is CC(C)CNC(=O)N1CC(NC2CC2)C[C@H](O)C1. The number of aliphatic hydroxyl groups is 1. The van der Waals surface area contributed by atoms with Crippen molar-refractivity contribution in [3.63, 3.8) is 0 Å². The first-order chi connectivity index (χ1) is 8.54. The molecule has 1 heterocycles. The summed E-state index contributed by atoms with van der Waals surface area (Å²) >= 11 is 0. The predicted molar refractivity (Wildman–Crippen MR) is 70.4 cm³/mol. The molecule has 0 aromatic carbocycles. The van der Waals surface area contributed by atoms with Gasteiger partial charge in [-0.05, 0) is 25.2 Å². The van der Waals surface area contributed by atoms with E-state index in [-0.39, 0.29) is 12.1 Å². The van der Waals surface area contributed by atoms with Gasteiger partial charge in [-0.1, -0.05) is 13.8 Å². The lowest BCUT2D eigenvalue weighted by atomic mass is 10.0. The van der Waals surface area contributed by atoms with Crippen LogP contribution in [0.5, 0.6) is 0 Å². The van der Waals surface area contributed by atoms with E-state index in [1.54, 1.807) is 4.90 Å². The number of carbonyl (C=O) groups excluding carboxylic acids is 1. The van der Waals surface area contributed by atoms with Gasteiger partial charge >= 0.3 is 6.03 Å². The van der Waals surface area contributed by atoms with E-state index < -0.39 is 6.10 Å². The molecule has 2 amide bonds. The van der Waals surface area contributed by atoms with Crippen molar-refractivity contribution in [1.29, 1.82) is 0 Å². The minimum Gasteiger partial charge on any atom is -0.391 e. The van der Waals surface area contributed by atoms with E-state index in [1.165, 1.54) is 12.8 Å². The Hall–Kier alpha value is -0.810. The van der Waals surface area contributed by atoms with E-state index in [2.05, 4.69) is 24.5 Å². The summed E-state index contributed by atoms with van der Waals surface area (Å²) in [6, 6.07) is 0.803. The van der Waals surface area contributed by atoms with E-state index in [0.29, 0.717) is 31.6 Å². The zero-order valence-corrected chi connectivity index (χ0v) is 11.4. The molecule has 2 atom stereocenters. The Morgan fingerprint density at radius 1 is 1.33 bits per heavy atom. The van der Waals surface area contributed by atoms with Crippen molar-refractivity contribution in [2.75, 3.05) is 19.6 Å². The third kappa shape index (κ3) is 4.14. The van der Waals surface area contributed by atoms with Gasteiger partial charge in [0.2, 0.25) is 0 Å². The van der Waals surface area contributed by atoms with Crippen LogP contribution in [0.25, 0.3) is 0 Å². The maximum absolute atomic E-state index is 12.0. The number of carbonyl (C=O) groups is 1. The number of nitrogens with one attached hydrogen (secondary N) is 2. The molecule has 0 aromatic heterocycles. The summed E-state index contributed by atoms with van der Waals surface area (Å²) in [6.07, 6.45) is 2.81. The molecule has 1 aliphatic carbocycles. The molecule has 1 aliphatic heterocycles. The first kappa shape index (κ1) is 13.6. The maximum atomic E-state index is 12.0. The Kier molecular flexibility index (Phi) is 4.45. The molecular formula is C13H25N3O2. The van der Waals surface area contributed by atoms with E-state index >= 15 is 0 Å². The molecule has 1 saturated heterocycles. The highest BCUT2D eigenvalue weighted by Crippen LogP contribution is 2.22. The molecule has 0 radical (unpaired) electrons. The monoisotopic (exact) mass is 255 g/mol. The Labute approximate surface area is 109 Å². The number of amides is 2. The standard InChI is InChI=1S/C13H25N3O2/c1-9(2)6-14-13(18)16-7-11(5-12(17)8-16)15-10-3-4-10/h9-12,15,17H,3-8H2,1-2H3,(H,14,18)/t11?,12-/m0/s1. The predicted octanol–water partition coefficient (Wildman–Crippen LogP) is 0.539. The van der Waals surface area contributed by atoms with Gasteiger partial charge in [0.15, 0.2) is 0 Å².